The number of aliphatic hydroxyl groups is 1. The van der Waals surface area contributed by atoms with Crippen LogP contribution in [0.5, 0.6) is 0 Å². The lowest BCUT2D eigenvalue weighted by Crippen LogP contribution is -2.46. The van der Waals surface area contributed by atoms with E-state index in [2.05, 4.69) is 17.2 Å². The molecule has 3 N–H and O–H groups in total. The lowest BCUT2D eigenvalue weighted by atomic mass is 9.96. The van der Waals surface area contributed by atoms with Crippen LogP contribution in [0.4, 0.5) is 4.79 Å². The highest BCUT2D eigenvalue weighted by molar-refractivity contribution is 5.74. The highest BCUT2D eigenvalue weighted by Gasteiger charge is 2.23. The van der Waals surface area contributed by atoms with Crippen LogP contribution in [0.25, 0.3) is 0 Å². The van der Waals surface area contributed by atoms with Gasteiger partial charge < -0.3 is 15.7 Å². The molecule has 0 saturated carbocycles. The zero-order valence-electron chi connectivity index (χ0n) is 12.9. The van der Waals surface area contributed by atoms with Crippen LogP contribution < -0.4 is 10.6 Å². The minimum atomic E-state index is -1.08. The zero-order chi connectivity index (χ0) is 15.7. The molecule has 2 unspecified atom stereocenters. The quantitative estimate of drug-likeness (QED) is 0.509. The van der Waals surface area contributed by atoms with Crippen LogP contribution in [0.3, 0.4) is 0 Å². The molecule has 0 spiro atoms. The van der Waals surface area contributed by atoms with Gasteiger partial charge >= 0.3 is 6.03 Å². The summed E-state index contributed by atoms with van der Waals surface area (Å²) in [5, 5.41) is 16.0. The zero-order valence-corrected chi connectivity index (χ0v) is 12.9. The van der Waals surface area contributed by atoms with Gasteiger partial charge in [-0.05, 0) is 38.7 Å². The van der Waals surface area contributed by atoms with Gasteiger partial charge in [0.1, 0.15) is 5.60 Å². The minimum absolute atomic E-state index is 0.103. The van der Waals surface area contributed by atoms with Crippen LogP contribution in [-0.4, -0.2) is 23.7 Å². The van der Waals surface area contributed by atoms with E-state index in [0.29, 0.717) is 0 Å². The Bertz CT molecular complexity index is 443. The third kappa shape index (κ3) is 6.45. The lowest BCUT2D eigenvalue weighted by Gasteiger charge is -2.25. The van der Waals surface area contributed by atoms with Crippen molar-refractivity contribution in [3.8, 4) is 0 Å². The third-order valence-electron chi connectivity index (χ3n) is 3.41. The topological polar surface area (TPSA) is 61.4 Å². The van der Waals surface area contributed by atoms with Crippen LogP contribution in [0.2, 0.25) is 0 Å². The SMILES string of the molecule is C=CCCCC(C)NC(=O)NCC(C)(O)c1ccccc1. The molecule has 0 aliphatic heterocycles. The van der Waals surface area contributed by atoms with E-state index in [1.165, 1.54) is 0 Å². The monoisotopic (exact) mass is 290 g/mol. The Morgan fingerprint density at radius 2 is 2.10 bits per heavy atom. The average Bonchev–Trinajstić information content (AvgIpc) is 2.46. The largest absolute Gasteiger partial charge is 0.384 e. The first-order chi connectivity index (χ1) is 9.95. The van der Waals surface area contributed by atoms with E-state index >= 15 is 0 Å². The summed E-state index contributed by atoms with van der Waals surface area (Å²) in [6, 6.07) is 9.17. The molecular formula is C17H26N2O2. The van der Waals surface area contributed by atoms with Crippen LogP contribution in [-0.2, 0) is 5.60 Å². The summed E-state index contributed by atoms with van der Waals surface area (Å²) < 4.78 is 0. The average molecular weight is 290 g/mol. The number of carbonyl (C=O) groups excluding carboxylic acids is 1. The van der Waals surface area contributed by atoms with Gasteiger partial charge in [-0.1, -0.05) is 36.4 Å². The molecule has 0 aliphatic carbocycles. The van der Waals surface area contributed by atoms with E-state index in [4.69, 9.17) is 0 Å². The van der Waals surface area contributed by atoms with Gasteiger partial charge in [0.05, 0.1) is 6.54 Å². The number of hydrogen-bond donors (Lipinski definition) is 3. The van der Waals surface area contributed by atoms with Gasteiger partial charge in [-0.2, -0.15) is 0 Å². The molecule has 1 aromatic carbocycles. The third-order valence-corrected chi connectivity index (χ3v) is 3.41. The van der Waals surface area contributed by atoms with Gasteiger partial charge in [0, 0.05) is 6.04 Å². The molecule has 0 radical (unpaired) electrons. The second-order valence-corrected chi connectivity index (χ2v) is 5.59. The minimum Gasteiger partial charge on any atom is -0.384 e. The molecule has 4 nitrogen and oxygen atoms in total. The molecule has 2 amide bonds. The molecule has 21 heavy (non-hydrogen) atoms. The molecule has 0 aliphatic rings. The van der Waals surface area contributed by atoms with Crippen molar-refractivity contribution in [1.29, 1.82) is 0 Å². The Hall–Kier alpha value is -1.81. The van der Waals surface area contributed by atoms with Gasteiger partial charge in [-0.15, -0.1) is 6.58 Å². The van der Waals surface area contributed by atoms with Crippen LogP contribution in [0.15, 0.2) is 43.0 Å². The number of amides is 2. The Morgan fingerprint density at radius 1 is 1.43 bits per heavy atom. The molecule has 0 saturated heterocycles. The number of nitrogens with one attached hydrogen (secondary N) is 2. The number of benzene rings is 1. The molecule has 1 aromatic rings. The van der Waals surface area contributed by atoms with Crippen molar-refractivity contribution < 1.29 is 9.90 Å². The number of allylic oxidation sites excluding steroid dienone is 1. The van der Waals surface area contributed by atoms with E-state index < -0.39 is 5.60 Å². The lowest BCUT2D eigenvalue weighted by molar-refractivity contribution is 0.0592. The molecule has 2 atom stereocenters. The van der Waals surface area contributed by atoms with Crippen molar-refractivity contribution >= 4 is 6.03 Å². The fourth-order valence-electron chi connectivity index (χ4n) is 2.07. The molecule has 4 heteroatoms. The van der Waals surface area contributed by atoms with Gasteiger partial charge in [0.2, 0.25) is 0 Å². The van der Waals surface area contributed by atoms with Gasteiger partial charge in [0.25, 0.3) is 0 Å². The molecule has 1 rings (SSSR count). The molecule has 0 bridgehead atoms. The second-order valence-electron chi connectivity index (χ2n) is 5.59. The summed E-state index contributed by atoms with van der Waals surface area (Å²) in [6.07, 6.45) is 4.75. The van der Waals surface area contributed by atoms with Crippen LogP contribution in [0.1, 0.15) is 38.7 Å². The number of hydrogen-bond acceptors (Lipinski definition) is 2. The fraction of sp³-hybridized carbons (Fsp3) is 0.471. The van der Waals surface area contributed by atoms with Crippen molar-refractivity contribution in [2.75, 3.05) is 6.54 Å². The van der Waals surface area contributed by atoms with Crippen molar-refractivity contribution in [2.45, 2.75) is 44.8 Å². The smallest absolute Gasteiger partial charge is 0.315 e. The van der Waals surface area contributed by atoms with Crippen LogP contribution >= 0.6 is 0 Å². The van der Waals surface area contributed by atoms with Gasteiger partial charge in [-0.25, -0.2) is 4.79 Å². The molecular weight excluding hydrogens is 264 g/mol. The fourth-order valence-corrected chi connectivity index (χ4v) is 2.07. The Labute approximate surface area is 127 Å². The molecule has 0 fully saturated rings. The Balaban J connectivity index is 2.37. The van der Waals surface area contributed by atoms with Crippen molar-refractivity contribution in [3.05, 3.63) is 48.6 Å². The second kappa shape index (κ2) is 8.47. The summed E-state index contributed by atoms with van der Waals surface area (Å²) >= 11 is 0. The molecule has 0 heterocycles. The Kier molecular flexibility index (Phi) is 6.96. The number of urea groups is 1. The van der Waals surface area contributed by atoms with Crippen LogP contribution in [0, 0.1) is 0 Å². The standard InChI is InChI=1S/C17H26N2O2/c1-4-5-7-10-14(2)19-16(20)18-13-17(3,21)15-11-8-6-9-12-15/h4,6,8-9,11-12,14,21H,1,5,7,10,13H2,2-3H3,(H2,18,19,20). The first-order valence-corrected chi connectivity index (χ1v) is 7.39. The number of carbonyl (C=O) groups is 1. The maximum absolute atomic E-state index is 11.8. The van der Waals surface area contributed by atoms with E-state index in [1.54, 1.807) is 6.92 Å². The van der Waals surface area contributed by atoms with Gasteiger partial charge in [0.15, 0.2) is 0 Å². The summed E-state index contributed by atoms with van der Waals surface area (Å²) in [6.45, 7) is 7.51. The van der Waals surface area contributed by atoms with Crippen molar-refractivity contribution in [3.63, 3.8) is 0 Å². The van der Waals surface area contributed by atoms with Crippen molar-refractivity contribution in [1.82, 2.24) is 10.6 Å². The Morgan fingerprint density at radius 3 is 2.71 bits per heavy atom. The normalized spacial score (nSPS) is 14.8. The first kappa shape index (κ1) is 17.2. The van der Waals surface area contributed by atoms with Gasteiger partial charge in [-0.3, -0.25) is 0 Å². The maximum Gasteiger partial charge on any atom is 0.315 e. The van der Waals surface area contributed by atoms with Crippen molar-refractivity contribution in [2.24, 2.45) is 0 Å². The maximum atomic E-state index is 11.8. The molecule has 116 valence electrons. The number of unbranched alkanes of at least 4 members (excludes halogenated alkanes) is 1. The summed E-state index contributed by atoms with van der Waals surface area (Å²) in [5.41, 5.74) is -0.297. The predicted molar refractivity (Wildman–Crippen MR) is 86.1 cm³/mol. The summed E-state index contributed by atoms with van der Waals surface area (Å²) in [7, 11) is 0. The van der Waals surface area contributed by atoms with E-state index in [1.807, 2.05) is 43.3 Å². The highest BCUT2D eigenvalue weighted by atomic mass is 16.3. The first-order valence-electron chi connectivity index (χ1n) is 7.39. The number of rotatable bonds is 8. The molecule has 0 aromatic heterocycles. The summed E-state index contributed by atoms with van der Waals surface area (Å²) in [5.74, 6) is 0. The summed E-state index contributed by atoms with van der Waals surface area (Å²) in [4.78, 5) is 11.8. The predicted octanol–water partition coefficient (Wildman–Crippen LogP) is 2.94. The highest BCUT2D eigenvalue weighted by Crippen LogP contribution is 2.18. The van der Waals surface area contributed by atoms with E-state index in [9.17, 15) is 9.90 Å². The van der Waals surface area contributed by atoms with E-state index in [-0.39, 0.29) is 18.6 Å². The van der Waals surface area contributed by atoms with E-state index in [0.717, 1.165) is 24.8 Å².